The Hall–Kier alpha value is -3.67. The van der Waals surface area contributed by atoms with Crippen LogP contribution in [0.2, 0.25) is 0 Å². The predicted molar refractivity (Wildman–Crippen MR) is 121 cm³/mol. The van der Waals surface area contributed by atoms with E-state index in [2.05, 4.69) is 36.3 Å². The second kappa shape index (κ2) is 8.22. The zero-order valence-corrected chi connectivity index (χ0v) is 17.8. The molecule has 1 amide bonds. The average molecular weight is 415 g/mol. The van der Waals surface area contributed by atoms with E-state index in [-0.39, 0.29) is 11.3 Å². The Morgan fingerprint density at radius 1 is 1.03 bits per heavy atom. The highest BCUT2D eigenvalue weighted by atomic mass is 16.5. The third kappa shape index (κ3) is 4.58. The van der Waals surface area contributed by atoms with Gasteiger partial charge in [-0.3, -0.25) is 9.89 Å². The molecule has 0 saturated carbocycles. The van der Waals surface area contributed by atoms with Crippen molar-refractivity contribution in [2.75, 3.05) is 5.32 Å². The second-order valence-corrected chi connectivity index (χ2v) is 8.65. The van der Waals surface area contributed by atoms with Gasteiger partial charge in [-0.2, -0.15) is 5.10 Å². The van der Waals surface area contributed by atoms with Crippen molar-refractivity contribution < 1.29 is 14.3 Å². The lowest BCUT2D eigenvalue weighted by atomic mass is 9.87. The Morgan fingerprint density at radius 2 is 1.77 bits per heavy atom. The summed E-state index contributed by atoms with van der Waals surface area (Å²) in [5.74, 6) is -1.33. The fourth-order valence-electron chi connectivity index (χ4n) is 3.47. The zero-order chi connectivity index (χ0) is 22.0. The van der Waals surface area contributed by atoms with Gasteiger partial charge in [0.15, 0.2) is 0 Å². The summed E-state index contributed by atoms with van der Waals surface area (Å²) in [4.78, 5) is 25.6. The minimum Gasteiger partial charge on any atom is -0.453 e. The highest BCUT2D eigenvalue weighted by Gasteiger charge is 2.29. The van der Waals surface area contributed by atoms with Crippen molar-refractivity contribution in [3.05, 3.63) is 84.1 Å². The molecule has 0 radical (unpaired) electrons. The number of aromatic amines is 1. The SMILES string of the molecule is CC(C)(C)c1ccc(C(=O)OC2C=CC=CC2C(=O)Nc2ccc3cn[nH]c3c2)cc1. The molecule has 2 aromatic carbocycles. The predicted octanol–water partition coefficient (Wildman–Crippen LogP) is 4.77. The van der Waals surface area contributed by atoms with Crippen molar-refractivity contribution in [2.45, 2.75) is 32.3 Å². The van der Waals surface area contributed by atoms with Crippen molar-refractivity contribution in [3.63, 3.8) is 0 Å². The molecule has 0 fully saturated rings. The van der Waals surface area contributed by atoms with E-state index in [1.807, 2.05) is 30.3 Å². The molecule has 1 aliphatic carbocycles. The number of hydrogen-bond acceptors (Lipinski definition) is 4. The number of carbonyl (C=O) groups excluding carboxylic acids is 2. The number of fused-ring (bicyclic) bond motifs is 1. The van der Waals surface area contributed by atoms with Gasteiger partial charge in [-0.1, -0.05) is 51.1 Å². The van der Waals surface area contributed by atoms with Gasteiger partial charge < -0.3 is 10.1 Å². The number of rotatable bonds is 4. The Labute approximate surface area is 181 Å². The maximum absolute atomic E-state index is 12.9. The number of nitrogens with one attached hydrogen (secondary N) is 2. The third-order valence-electron chi connectivity index (χ3n) is 5.33. The standard InChI is InChI=1S/C25H25N3O3/c1-25(2,3)18-11-8-16(9-12-18)24(30)31-22-7-5-4-6-20(22)23(29)27-19-13-10-17-15-26-28-21(17)14-19/h4-15,20,22H,1-3H3,(H,26,28)(H,27,29). The summed E-state index contributed by atoms with van der Waals surface area (Å²) in [6.07, 6.45) is 8.06. The lowest BCUT2D eigenvalue weighted by molar-refractivity contribution is -0.120. The average Bonchev–Trinajstić information content (AvgIpc) is 3.21. The van der Waals surface area contributed by atoms with Crippen molar-refractivity contribution in [2.24, 2.45) is 5.92 Å². The smallest absolute Gasteiger partial charge is 0.338 e. The molecule has 3 aromatic rings. The van der Waals surface area contributed by atoms with Crippen molar-refractivity contribution >= 4 is 28.5 Å². The molecule has 4 rings (SSSR count). The van der Waals surface area contributed by atoms with Crippen LogP contribution in [0, 0.1) is 5.92 Å². The molecule has 31 heavy (non-hydrogen) atoms. The lowest BCUT2D eigenvalue weighted by Gasteiger charge is -2.24. The molecule has 2 unspecified atom stereocenters. The Bertz CT molecular complexity index is 1170. The number of amides is 1. The highest BCUT2D eigenvalue weighted by Crippen LogP contribution is 2.24. The van der Waals surface area contributed by atoms with E-state index in [1.165, 1.54) is 0 Å². The van der Waals surface area contributed by atoms with Crippen LogP contribution in [0.1, 0.15) is 36.7 Å². The summed E-state index contributed by atoms with van der Waals surface area (Å²) in [5, 5.41) is 10.7. The van der Waals surface area contributed by atoms with E-state index in [0.717, 1.165) is 16.5 Å². The summed E-state index contributed by atoms with van der Waals surface area (Å²) in [5.41, 5.74) is 3.07. The van der Waals surface area contributed by atoms with Crippen LogP contribution in [0.5, 0.6) is 0 Å². The van der Waals surface area contributed by atoms with E-state index in [4.69, 9.17) is 4.74 Å². The number of hydrogen-bond donors (Lipinski definition) is 2. The topological polar surface area (TPSA) is 84.1 Å². The van der Waals surface area contributed by atoms with Gasteiger partial charge in [-0.15, -0.1) is 0 Å². The van der Waals surface area contributed by atoms with Gasteiger partial charge >= 0.3 is 5.97 Å². The minimum absolute atomic E-state index is 0.00171. The maximum Gasteiger partial charge on any atom is 0.338 e. The lowest BCUT2D eigenvalue weighted by Crippen LogP contribution is -2.34. The van der Waals surface area contributed by atoms with Gasteiger partial charge in [0.05, 0.1) is 23.2 Å². The van der Waals surface area contributed by atoms with Crippen LogP contribution in [-0.4, -0.2) is 28.2 Å². The Kier molecular flexibility index (Phi) is 5.46. The van der Waals surface area contributed by atoms with Crippen LogP contribution in [0.25, 0.3) is 10.9 Å². The van der Waals surface area contributed by atoms with Crippen LogP contribution < -0.4 is 5.32 Å². The van der Waals surface area contributed by atoms with Crippen molar-refractivity contribution in [3.8, 4) is 0 Å². The molecule has 0 saturated heterocycles. The van der Waals surface area contributed by atoms with Crippen molar-refractivity contribution in [1.29, 1.82) is 0 Å². The van der Waals surface area contributed by atoms with Crippen LogP contribution >= 0.6 is 0 Å². The third-order valence-corrected chi connectivity index (χ3v) is 5.33. The summed E-state index contributed by atoms with van der Waals surface area (Å²) >= 11 is 0. The molecule has 2 N–H and O–H groups in total. The second-order valence-electron chi connectivity index (χ2n) is 8.65. The van der Waals surface area contributed by atoms with E-state index >= 15 is 0 Å². The first kappa shape index (κ1) is 20.6. The van der Waals surface area contributed by atoms with Gasteiger partial charge in [0, 0.05) is 11.1 Å². The normalized spacial score (nSPS) is 18.2. The van der Waals surface area contributed by atoms with Gasteiger partial charge in [0.25, 0.3) is 0 Å². The first-order valence-electron chi connectivity index (χ1n) is 10.2. The largest absolute Gasteiger partial charge is 0.453 e. The number of benzene rings is 2. The van der Waals surface area contributed by atoms with Gasteiger partial charge in [0.1, 0.15) is 6.10 Å². The number of ether oxygens (including phenoxy) is 1. The molecule has 0 bridgehead atoms. The molecule has 1 aliphatic rings. The van der Waals surface area contributed by atoms with Crippen LogP contribution in [-0.2, 0) is 14.9 Å². The van der Waals surface area contributed by atoms with Crippen LogP contribution in [0.3, 0.4) is 0 Å². The molecule has 1 aromatic heterocycles. The number of aromatic nitrogens is 2. The first-order valence-corrected chi connectivity index (χ1v) is 10.2. The van der Waals surface area contributed by atoms with E-state index < -0.39 is 18.0 Å². The van der Waals surface area contributed by atoms with Gasteiger partial charge in [0.2, 0.25) is 5.91 Å². The van der Waals surface area contributed by atoms with Gasteiger partial charge in [-0.05, 0) is 47.4 Å². The van der Waals surface area contributed by atoms with E-state index in [9.17, 15) is 9.59 Å². The molecule has 0 aliphatic heterocycles. The van der Waals surface area contributed by atoms with E-state index in [1.54, 1.807) is 42.6 Å². The van der Waals surface area contributed by atoms with Gasteiger partial charge in [-0.25, -0.2) is 4.79 Å². The van der Waals surface area contributed by atoms with Crippen LogP contribution in [0.15, 0.2) is 73.0 Å². The summed E-state index contributed by atoms with van der Waals surface area (Å²) < 4.78 is 5.68. The monoisotopic (exact) mass is 415 g/mol. The quantitative estimate of drug-likeness (QED) is 0.602. The molecule has 6 nitrogen and oxygen atoms in total. The number of carbonyl (C=O) groups is 2. The maximum atomic E-state index is 12.9. The summed E-state index contributed by atoms with van der Waals surface area (Å²) in [6, 6.07) is 12.9. The number of nitrogens with zero attached hydrogens (tertiary/aromatic N) is 1. The molecular weight excluding hydrogens is 390 g/mol. The molecule has 6 heteroatoms. The molecule has 0 spiro atoms. The summed E-state index contributed by atoms with van der Waals surface area (Å²) in [6.45, 7) is 6.35. The highest BCUT2D eigenvalue weighted by molar-refractivity contribution is 5.97. The zero-order valence-electron chi connectivity index (χ0n) is 17.8. The molecule has 2 atom stereocenters. The summed E-state index contributed by atoms with van der Waals surface area (Å²) in [7, 11) is 0. The molecule has 1 heterocycles. The fourth-order valence-corrected chi connectivity index (χ4v) is 3.47. The van der Waals surface area contributed by atoms with Crippen molar-refractivity contribution in [1.82, 2.24) is 10.2 Å². The number of H-pyrrole nitrogens is 1. The first-order chi connectivity index (χ1) is 14.8. The van der Waals surface area contributed by atoms with Crippen LogP contribution in [0.4, 0.5) is 5.69 Å². The number of allylic oxidation sites excluding steroid dienone is 2. The minimum atomic E-state index is -0.685. The fraction of sp³-hybridized carbons (Fsp3) is 0.240. The number of esters is 1. The Balaban J connectivity index is 1.45. The number of anilines is 1. The Morgan fingerprint density at radius 3 is 2.52 bits per heavy atom. The molecular formula is C25H25N3O3. The molecule has 158 valence electrons. The van der Waals surface area contributed by atoms with E-state index in [0.29, 0.717) is 11.3 Å².